The van der Waals surface area contributed by atoms with Gasteiger partial charge in [0.1, 0.15) is 5.52 Å². The number of benzene rings is 1. The molecule has 0 aliphatic rings. The Balaban J connectivity index is 2.37. The number of carboxylic acids is 1. The van der Waals surface area contributed by atoms with Gasteiger partial charge >= 0.3 is 5.97 Å². The van der Waals surface area contributed by atoms with Crippen LogP contribution >= 0.6 is 0 Å². The zero-order valence-corrected chi connectivity index (χ0v) is 9.38. The van der Waals surface area contributed by atoms with Crippen LogP contribution in [0.25, 0.3) is 16.4 Å². The fraction of sp³-hybridized carbons (Fsp3) is 0.0769. The van der Waals surface area contributed by atoms with Crippen molar-refractivity contribution in [2.75, 3.05) is 0 Å². The van der Waals surface area contributed by atoms with Gasteiger partial charge < -0.3 is 14.5 Å². The minimum Gasteiger partial charge on any atom is -0.481 e. The van der Waals surface area contributed by atoms with Crippen molar-refractivity contribution >= 4 is 22.4 Å². The van der Waals surface area contributed by atoms with Gasteiger partial charge in [0, 0.05) is 17.3 Å². The summed E-state index contributed by atoms with van der Waals surface area (Å²) in [4.78, 5) is 25.2. The third kappa shape index (κ3) is 1.57. The van der Waals surface area contributed by atoms with Crippen LogP contribution in [0.4, 0.5) is 0 Å². The van der Waals surface area contributed by atoms with E-state index in [1.165, 1.54) is 0 Å². The van der Waals surface area contributed by atoms with Crippen LogP contribution in [-0.2, 0) is 11.2 Å². The number of nitrogens with zero attached hydrogens (tertiary/aromatic N) is 1. The maximum absolute atomic E-state index is 11.9. The van der Waals surface area contributed by atoms with E-state index in [0.717, 1.165) is 10.9 Å². The number of carbonyl (C=O) groups is 1. The van der Waals surface area contributed by atoms with Crippen molar-refractivity contribution in [2.24, 2.45) is 0 Å². The Bertz CT molecular complexity index is 814. The lowest BCUT2D eigenvalue weighted by molar-refractivity contribution is -0.136. The minimum atomic E-state index is -0.971. The predicted molar refractivity (Wildman–Crippen MR) is 66.9 cm³/mol. The number of aromatic nitrogens is 2. The molecule has 0 saturated heterocycles. The normalized spacial score (nSPS) is 11.1. The molecule has 0 spiro atoms. The molecule has 2 heterocycles. The van der Waals surface area contributed by atoms with Crippen molar-refractivity contribution in [2.45, 2.75) is 6.42 Å². The van der Waals surface area contributed by atoms with Crippen LogP contribution in [0, 0.1) is 0 Å². The second-order valence-corrected chi connectivity index (χ2v) is 4.14. The van der Waals surface area contributed by atoms with Gasteiger partial charge in [-0.1, -0.05) is 18.2 Å². The predicted octanol–water partition coefficient (Wildman–Crippen LogP) is 1.41. The van der Waals surface area contributed by atoms with Gasteiger partial charge in [0.05, 0.1) is 11.9 Å². The number of hydrogen-bond donors (Lipinski definition) is 2. The van der Waals surface area contributed by atoms with Gasteiger partial charge in [0.2, 0.25) is 0 Å². The van der Waals surface area contributed by atoms with E-state index in [1.54, 1.807) is 16.7 Å². The maximum Gasteiger partial charge on any atom is 0.309 e. The molecule has 0 unspecified atom stereocenters. The second-order valence-electron chi connectivity index (χ2n) is 4.14. The Labute approximate surface area is 101 Å². The first-order chi connectivity index (χ1) is 8.65. The SMILES string of the molecule is O=C(O)Cc1cn2c(cc3ccccc32)c(=O)[nH]1. The lowest BCUT2D eigenvalue weighted by Crippen LogP contribution is -2.14. The molecule has 0 bridgehead atoms. The fourth-order valence-corrected chi connectivity index (χ4v) is 2.14. The lowest BCUT2D eigenvalue weighted by atomic mass is 10.2. The highest BCUT2D eigenvalue weighted by atomic mass is 16.4. The largest absolute Gasteiger partial charge is 0.481 e. The van der Waals surface area contributed by atoms with E-state index >= 15 is 0 Å². The molecule has 90 valence electrons. The van der Waals surface area contributed by atoms with Crippen LogP contribution in [0.5, 0.6) is 0 Å². The van der Waals surface area contributed by atoms with E-state index in [-0.39, 0.29) is 12.0 Å². The Kier molecular flexibility index (Phi) is 2.19. The van der Waals surface area contributed by atoms with Crippen LogP contribution in [0.15, 0.2) is 41.3 Å². The van der Waals surface area contributed by atoms with Gasteiger partial charge in [-0.25, -0.2) is 0 Å². The molecule has 0 atom stereocenters. The Morgan fingerprint density at radius 2 is 2.06 bits per heavy atom. The Hall–Kier alpha value is -2.56. The number of nitrogens with one attached hydrogen (secondary N) is 1. The maximum atomic E-state index is 11.9. The highest BCUT2D eigenvalue weighted by Crippen LogP contribution is 2.17. The zero-order valence-electron chi connectivity index (χ0n) is 9.38. The number of H-pyrrole nitrogens is 1. The van der Waals surface area contributed by atoms with Crippen LogP contribution in [0.3, 0.4) is 0 Å². The third-order valence-electron chi connectivity index (χ3n) is 2.88. The summed E-state index contributed by atoms with van der Waals surface area (Å²) in [5.74, 6) is -0.971. The van der Waals surface area contributed by atoms with Crippen LogP contribution in [0.2, 0.25) is 0 Å². The summed E-state index contributed by atoms with van der Waals surface area (Å²) < 4.78 is 1.73. The van der Waals surface area contributed by atoms with E-state index in [0.29, 0.717) is 11.2 Å². The Morgan fingerprint density at radius 1 is 1.28 bits per heavy atom. The first kappa shape index (κ1) is 10.6. The summed E-state index contributed by atoms with van der Waals surface area (Å²) >= 11 is 0. The molecular weight excluding hydrogens is 232 g/mol. The van der Waals surface area contributed by atoms with Crippen LogP contribution in [-0.4, -0.2) is 20.5 Å². The van der Waals surface area contributed by atoms with Crippen molar-refractivity contribution in [3.8, 4) is 0 Å². The van der Waals surface area contributed by atoms with E-state index in [4.69, 9.17) is 5.11 Å². The average Bonchev–Trinajstić information content (AvgIpc) is 2.68. The van der Waals surface area contributed by atoms with E-state index < -0.39 is 5.97 Å². The molecule has 0 saturated carbocycles. The number of para-hydroxylation sites is 1. The molecule has 3 aromatic rings. The lowest BCUT2D eigenvalue weighted by Gasteiger charge is -2.01. The molecule has 5 nitrogen and oxygen atoms in total. The standard InChI is InChI=1S/C13H10N2O3/c16-12(17)6-9-7-15-10-4-2-1-3-8(10)5-11(15)13(18)14-9/h1-5,7H,6H2,(H,14,18)(H,16,17). The van der Waals surface area contributed by atoms with Gasteiger partial charge in [-0.3, -0.25) is 9.59 Å². The smallest absolute Gasteiger partial charge is 0.309 e. The number of carboxylic acid groups (broad SMARTS) is 1. The second kappa shape index (κ2) is 3.73. The number of fused-ring (bicyclic) bond motifs is 3. The number of rotatable bonds is 2. The van der Waals surface area contributed by atoms with Crippen molar-refractivity contribution < 1.29 is 9.90 Å². The first-order valence-corrected chi connectivity index (χ1v) is 5.49. The van der Waals surface area contributed by atoms with Crippen LogP contribution < -0.4 is 5.56 Å². The molecule has 3 rings (SSSR count). The van der Waals surface area contributed by atoms with Gasteiger partial charge in [-0.2, -0.15) is 0 Å². The summed E-state index contributed by atoms with van der Waals surface area (Å²) in [5.41, 5.74) is 1.53. The van der Waals surface area contributed by atoms with Crippen molar-refractivity contribution in [1.29, 1.82) is 0 Å². The van der Waals surface area contributed by atoms with E-state index in [1.807, 2.05) is 24.3 Å². The number of hydrogen-bond acceptors (Lipinski definition) is 2. The number of aliphatic carboxylic acids is 1. The molecule has 0 fully saturated rings. The van der Waals surface area contributed by atoms with Crippen molar-refractivity contribution in [1.82, 2.24) is 9.38 Å². The van der Waals surface area contributed by atoms with Gasteiger partial charge in [0.25, 0.3) is 5.56 Å². The van der Waals surface area contributed by atoms with Gasteiger partial charge in [-0.15, -0.1) is 0 Å². The van der Waals surface area contributed by atoms with Gasteiger partial charge in [-0.05, 0) is 12.1 Å². The van der Waals surface area contributed by atoms with Gasteiger partial charge in [0.15, 0.2) is 0 Å². The molecule has 0 amide bonds. The summed E-state index contributed by atoms with van der Waals surface area (Å²) in [7, 11) is 0. The summed E-state index contributed by atoms with van der Waals surface area (Å²) in [6.45, 7) is 0. The molecule has 0 aliphatic carbocycles. The third-order valence-corrected chi connectivity index (χ3v) is 2.88. The quantitative estimate of drug-likeness (QED) is 0.713. The fourth-order valence-electron chi connectivity index (χ4n) is 2.14. The average molecular weight is 242 g/mol. The molecule has 0 radical (unpaired) electrons. The van der Waals surface area contributed by atoms with E-state index in [2.05, 4.69) is 4.98 Å². The highest BCUT2D eigenvalue weighted by Gasteiger charge is 2.08. The molecule has 18 heavy (non-hydrogen) atoms. The summed E-state index contributed by atoms with van der Waals surface area (Å²) in [6.07, 6.45) is 1.46. The molecule has 1 aromatic carbocycles. The monoisotopic (exact) mass is 242 g/mol. The van der Waals surface area contributed by atoms with Crippen molar-refractivity contribution in [3.05, 3.63) is 52.6 Å². The van der Waals surface area contributed by atoms with Crippen LogP contribution in [0.1, 0.15) is 5.69 Å². The van der Waals surface area contributed by atoms with E-state index in [9.17, 15) is 9.59 Å². The minimum absolute atomic E-state index is 0.197. The molecular formula is C13H10N2O3. The number of aromatic amines is 1. The summed E-state index contributed by atoms with van der Waals surface area (Å²) in [5, 5.41) is 9.72. The topological polar surface area (TPSA) is 74.6 Å². The Morgan fingerprint density at radius 3 is 2.83 bits per heavy atom. The molecule has 5 heteroatoms. The summed E-state index contributed by atoms with van der Waals surface area (Å²) in [6, 6.07) is 9.38. The first-order valence-electron chi connectivity index (χ1n) is 5.49. The van der Waals surface area contributed by atoms with Crippen molar-refractivity contribution in [3.63, 3.8) is 0 Å². The molecule has 2 aromatic heterocycles. The molecule has 2 N–H and O–H groups in total. The highest BCUT2D eigenvalue weighted by molar-refractivity contribution is 5.86. The zero-order chi connectivity index (χ0) is 12.7. The molecule has 0 aliphatic heterocycles.